The number of hydrogen-bond donors (Lipinski definition) is 0. The molecule has 0 N–H and O–H groups in total. The van der Waals surface area contributed by atoms with E-state index in [1.807, 2.05) is 0 Å². The number of rotatable bonds is 4. The zero-order valence-electron chi connectivity index (χ0n) is 11.4. The van der Waals surface area contributed by atoms with Crippen LogP contribution < -0.4 is 4.74 Å². The maximum Gasteiger partial charge on any atom is 0.324 e. The number of ether oxygens (including phenoxy) is 2. The van der Waals surface area contributed by atoms with E-state index in [1.165, 1.54) is 24.6 Å². The van der Waals surface area contributed by atoms with Gasteiger partial charge in [0.25, 0.3) is 0 Å². The van der Waals surface area contributed by atoms with Crippen LogP contribution in [-0.2, 0) is 19.6 Å². The highest BCUT2D eigenvalue weighted by Crippen LogP contribution is 2.31. The van der Waals surface area contributed by atoms with Gasteiger partial charge in [-0.3, -0.25) is 4.79 Å². The molecule has 0 spiro atoms. The summed E-state index contributed by atoms with van der Waals surface area (Å²) in [5, 5.41) is 0. The summed E-state index contributed by atoms with van der Waals surface area (Å²) in [4.78, 5) is 11.8. The summed E-state index contributed by atoms with van der Waals surface area (Å²) in [5.41, 5.74) is 0. The summed E-state index contributed by atoms with van der Waals surface area (Å²) in [7, 11) is -1.11. The van der Waals surface area contributed by atoms with Gasteiger partial charge in [-0.15, -0.1) is 0 Å². The zero-order chi connectivity index (χ0) is 14.8. The first kappa shape index (κ1) is 14.8. The summed E-state index contributed by atoms with van der Waals surface area (Å²) in [6.45, 7) is 0.306. The third kappa shape index (κ3) is 2.51. The standard InChI is InChI=1S/C13H17NO5S/c1-18-11-7-3-4-8-12(11)20(16,17)14-9-5-6-10(14)13(15)19-2/h3-4,7-8,10H,5-6,9H2,1-2H3. The normalized spacial score (nSPS) is 19.8. The number of methoxy groups -OCH3 is 2. The quantitative estimate of drug-likeness (QED) is 0.776. The molecule has 0 aromatic heterocycles. The third-order valence-corrected chi connectivity index (χ3v) is 5.28. The topological polar surface area (TPSA) is 72.9 Å². The molecule has 1 aromatic rings. The largest absolute Gasteiger partial charge is 0.495 e. The highest BCUT2D eigenvalue weighted by atomic mass is 32.2. The van der Waals surface area contributed by atoms with Crippen molar-refractivity contribution in [1.82, 2.24) is 4.31 Å². The predicted octanol–water partition coefficient (Wildman–Crippen LogP) is 1.02. The molecule has 1 aliphatic heterocycles. The van der Waals surface area contributed by atoms with Gasteiger partial charge in [0.15, 0.2) is 0 Å². The van der Waals surface area contributed by atoms with Crippen LogP contribution in [0, 0.1) is 0 Å². The molecule has 6 nitrogen and oxygen atoms in total. The van der Waals surface area contributed by atoms with Crippen LogP contribution in [0.3, 0.4) is 0 Å². The zero-order valence-corrected chi connectivity index (χ0v) is 12.2. The Balaban J connectivity index is 2.42. The molecule has 1 fully saturated rings. The molecule has 0 radical (unpaired) electrons. The van der Waals surface area contributed by atoms with Crippen LogP contribution in [0.1, 0.15) is 12.8 Å². The third-order valence-electron chi connectivity index (χ3n) is 3.33. The van der Waals surface area contributed by atoms with Crippen molar-refractivity contribution in [1.29, 1.82) is 0 Å². The van der Waals surface area contributed by atoms with Crippen LogP contribution in [0.5, 0.6) is 5.75 Å². The fourth-order valence-corrected chi connectivity index (χ4v) is 4.16. The van der Waals surface area contributed by atoms with Gasteiger partial charge in [-0.05, 0) is 25.0 Å². The molecule has 1 aromatic carbocycles. The van der Waals surface area contributed by atoms with Gasteiger partial charge < -0.3 is 9.47 Å². The lowest BCUT2D eigenvalue weighted by atomic mass is 10.2. The minimum absolute atomic E-state index is 0.0679. The van der Waals surface area contributed by atoms with Crippen LogP contribution in [0.4, 0.5) is 0 Å². The molecule has 0 bridgehead atoms. The number of carbonyl (C=O) groups is 1. The fraction of sp³-hybridized carbons (Fsp3) is 0.462. The Labute approximate surface area is 118 Å². The van der Waals surface area contributed by atoms with Crippen molar-refractivity contribution in [2.45, 2.75) is 23.8 Å². The minimum Gasteiger partial charge on any atom is -0.495 e. The van der Waals surface area contributed by atoms with Crippen LogP contribution in [0.15, 0.2) is 29.2 Å². The smallest absolute Gasteiger partial charge is 0.324 e. The maximum atomic E-state index is 12.7. The molecule has 0 saturated carbocycles. The van der Waals surface area contributed by atoms with Gasteiger partial charge in [0, 0.05) is 6.54 Å². The van der Waals surface area contributed by atoms with Crippen LogP contribution in [-0.4, -0.2) is 45.5 Å². The van der Waals surface area contributed by atoms with Gasteiger partial charge in [-0.2, -0.15) is 4.31 Å². The lowest BCUT2D eigenvalue weighted by Crippen LogP contribution is -2.41. The minimum atomic E-state index is -3.78. The Morgan fingerprint density at radius 2 is 2.00 bits per heavy atom. The van der Waals surface area contributed by atoms with E-state index in [0.29, 0.717) is 19.4 Å². The number of para-hydroxylation sites is 1. The number of nitrogens with zero attached hydrogens (tertiary/aromatic N) is 1. The average Bonchev–Trinajstić information content (AvgIpc) is 2.96. The molecular weight excluding hydrogens is 282 g/mol. The van der Waals surface area contributed by atoms with E-state index >= 15 is 0 Å². The Hall–Kier alpha value is -1.60. The molecule has 1 atom stereocenters. The SMILES string of the molecule is COC(=O)C1CCCN1S(=O)(=O)c1ccccc1OC. The van der Waals surface area contributed by atoms with E-state index in [0.717, 1.165) is 0 Å². The molecule has 1 saturated heterocycles. The van der Waals surface area contributed by atoms with E-state index in [9.17, 15) is 13.2 Å². The lowest BCUT2D eigenvalue weighted by molar-refractivity contribution is -0.144. The first-order valence-corrected chi connectivity index (χ1v) is 7.69. The fourth-order valence-electron chi connectivity index (χ4n) is 2.36. The van der Waals surface area contributed by atoms with Crippen molar-refractivity contribution in [2.75, 3.05) is 20.8 Å². The summed E-state index contributed by atoms with van der Waals surface area (Å²) in [5.74, 6) is -0.260. The van der Waals surface area contributed by atoms with Crippen molar-refractivity contribution in [3.05, 3.63) is 24.3 Å². The molecule has 1 unspecified atom stereocenters. The van der Waals surface area contributed by atoms with Crippen molar-refractivity contribution in [2.24, 2.45) is 0 Å². The number of esters is 1. The lowest BCUT2D eigenvalue weighted by Gasteiger charge is -2.23. The van der Waals surface area contributed by atoms with Crippen molar-refractivity contribution in [3.63, 3.8) is 0 Å². The van der Waals surface area contributed by atoms with Gasteiger partial charge in [0.2, 0.25) is 10.0 Å². The Bertz CT molecular complexity index is 599. The van der Waals surface area contributed by atoms with Crippen molar-refractivity contribution in [3.8, 4) is 5.75 Å². The second kappa shape index (κ2) is 5.80. The van der Waals surface area contributed by atoms with Crippen molar-refractivity contribution < 1.29 is 22.7 Å². The summed E-state index contributed by atoms with van der Waals surface area (Å²) in [6.07, 6.45) is 1.11. The van der Waals surface area contributed by atoms with Crippen LogP contribution >= 0.6 is 0 Å². The number of benzene rings is 1. The van der Waals surface area contributed by atoms with Gasteiger partial charge in [0.1, 0.15) is 16.7 Å². The van der Waals surface area contributed by atoms with Gasteiger partial charge in [0.05, 0.1) is 14.2 Å². The average molecular weight is 299 g/mol. The number of sulfonamides is 1. The molecule has 2 rings (SSSR count). The van der Waals surface area contributed by atoms with E-state index in [4.69, 9.17) is 4.74 Å². The van der Waals surface area contributed by atoms with Gasteiger partial charge in [-0.25, -0.2) is 8.42 Å². The van der Waals surface area contributed by atoms with E-state index < -0.39 is 22.0 Å². The Morgan fingerprint density at radius 3 is 2.65 bits per heavy atom. The molecular formula is C13H17NO5S. The molecule has 1 heterocycles. The van der Waals surface area contributed by atoms with Crippen LogP contribution in [0.25, 0.3) is 0 Å². The first-order chi connectivity index (χ1) is 9.52. The summed E-state index contributed by atoms with van der Waals surface area (Å²) in [6, 6.07) is 5.62. The highest BCUT2D eigenvalue weighted by molar-refractivity contribution is 7.89. The van der Waals surface area contributed by atoms with Crippen molar-refractivity contribution >= 4 is 16.0 Å². The predicted molar refractivity (Wildman–Crippen MR) is 71.9 cm³/mol. The number of carbonyl (C=O) groups excluding carboxylic acids is 1. The molecule has 7 heteroatoms. The van der Waals surface area contributed by atoms with Crippen LogP contribution in [0.2, 0.25) is 0 Å². The molecule has 1 aliphatic rings. The first-order valence-electron chi connectivity index (χ1n) is 6.25. The van der Waals surface area contributed by atoms with Gasteiger partial charge in [-0.1, -0.05) is 12.1 Å². The molecule has 110 valence electrons. The number of hydrogen-bond acceptors (Lipinski definition) is 5. The second-order valence-corrected chi connectivity index (χ2v) is 6.31. The van der Waals surface area contributed by atoms with E-state index in [-0.39, 0.29) is 10.6 Å². The Kier molecular flexibility index (Phi) is 4.29. The Morgan fingerprint density at radius 1 is 1.30 bits per heavy atom. The maximum absolute atomic E-state index is 12.7. The molecule has 20 heavy (non-hydrogen) atoms. The summed E-state index contributed by atoms with van der Waals surface area (Å²) >= 11 is 0. The van der Waals surface area contributed by atoms with E-state index in [2.05, 4.69) is 4.74 Å². The highest BCUT2D eigenvalue weighted by Gasteiger charge is 2.41. The van der Waals surface area contributed by atoms with Gasteiger partial charge >= 0.3 is 5.97 Å². The monoisotopic (exact) mass is 299 g/mol. The second-order valence-electron chi connectivity index (χ2n) is 4.45. The molecule has 0 aliphatic carbocycles. The summed E-state index contributed by atoms with van der Waals surface area (Å²) < 4.78 is 36.3. The van der Waals surface area contributed by atoms with E-state index in [1.54, 1.807) is 18.2 Å². The molecule has 0 amide bonds.